The molecule has 0 heterocycles. The molecule has 0 aliphatic carbocycles. The Labute approximate surface area is 81.4 Å². The summed E-state index contributed by atoms with van der Waals surface area (Å²) in [5.41, 5.74) is 0.138. The van der Waals surface area contributed by atoms with E-state index >= 15 is 0 Å². The number of ether oxygens (including phenoxy) is 2. The number of hydrogen-bond donors (Lipinski definition) is 0. The van der Waals surface area contributed by atoms with Crippen molar-refractivity contribution in [2.45, 2.75) is 0 Å². The van der Waals surface area contributed by atoms with E-state index in [0.29, 0.717) is 11.5 Å². The lowest BCUT2D eigenvalue weighted by molar-refractivity contribution is -0.385. The number of nitro benzene ring substituents is 1. The molecule has 1 aromatic carbocycles. The molecule has 0 bridgehead atoms. The van der Waals surface area contributed by atoms with E-state index in [9.17, 15) is 10.1 Å². The molecule has 0 N–H and O–H groups in total. The molecule has 0 atom stereocenters. The Morgan fingerprint density at radius 3 is 2.43 bits per heavy atom. The second kappa shape index (κ2) is 3.95. The van der Waals surface area contributed by atoms with Gasteiger partial charge in [-0.05, 0) is 13.0 Å². The lowest BCUT2D eigenvalue weighted by Crippen LogP contribution is -1.97. The van der Waals surface area contributed by atoms with Gasteiger partial charge in [-0.15, -0.1) is 0 Å². The minimum absolute atomic E-state index is 0.0809. The molecule has 75 valence electrons. The fourth-order valence-corrected chi connectivity index (χ4v) is 1.15. The van der Waals surface area contributed by atoms with Crippen LogP contribution in [0, 0.1) is 17.0 Å². The standard InChI is InChI=1S/C9H10NO4/c1-6-7(10(11)12)4-5-8(13-2)9(6)14-3/h4-5H,1H2,2-3H3. The van der Waals surface area contributed by atoms with Crippen LogP contribution in [-0.4, -0.2) is 19.1 Å². The van der Waals surface area contributed by atoms with E-state index in [1.54, 1.807) is 0 Å². The molecule has 0 fully saturated rings. The average Bonchev–Trinajstić information content (AvgIpc) is 2.16. The first kappa shape index (κ1) is 10.3. The third-order valence-corrected chi connectivity index (χ3v) is 1.82. The van der Waals surface area contributed by atoms with Crippen molar-refractivity contribution in [3.05, 3.63) is 34.7 Å². The highest BCUT2D eigenvalue weighted by Gasteiger charge is 2.18. The van der Waals surface area contributed by atoms with Crippen molar-refractivity contribution in [3.63, 3.8) is 0 Å². The maximum absolute atomic E-state index is 10.6. The first-order chi connectivity index (χ1) is 6.61. The summed E-state index contributed by atoms with van der Waals surface area (Å²) in [6, 6.07) is 2.81. The van der Waals surface area contributed by atoms with Crippen LogP contribution in [0.5, 0.6) is 11.5 Å². The molecular formula is C9H10NO4. The minimum Gasteiger partial charge on any atom is -0.493 e. The Morgan fingerprint density at radius 2 is 2.00 bits per heavy atom. The maximum atomic E-state index is 10.6. The Hall–Kier alpha value is -1.78. The van der Waals surface area contributed by atoms with Gasteiger partial charge in [0.25, 0.3) is 5.69 Å². The summed E-state index contributed by atoms with van der Waals surface area (Å²) in [5.74, 6) is 0.727. The number of hydrogen-bond acceptors (Lipinski definition) is 4. The Balaban J connectivity index is 3.34. The molecule has 0 unspecified atom stereocenters. The van der Waals surface area contributed by atoms with Crippen LogP contribution in [0.1, 0.15) is 5.56 Å². The van der Waals surface area contributed by atoms with E-state index in [2.05, 4.69) is 6.92 Å². The van der Waals surface area contributed by atoms with E-state index < -0.39 is 4.92 Å². The second-order valence-corrected chi connectivity index (χ2v) is 2.56. The summed E-state index contributed by atoms with van der Waals surface area (Å²) in [7, 11) is 2.87. The summed E-state index contributed by atoms with van der Waals surface area (Å²) in [5, 5.41) is 10.6. The van der Waals surface area contributed by atoms with Gasteiger partial charge in [0, 0.05) is 6.07 Å². The number of nitro groups is 1. The van der Waals surface area contributed by atoms with Gasteiger partial charge in [0.2, 0.25) is 0 Å². The number of methoxy groups -OCH3 is 2. The highest BCUT2D eigenvalue weighted by Crippen LogP contribution is 2.35. The van der Waals surface area contributed by atoms with Gasteiger partial charge in [0.1, 0.15) is 0 Å². The molecule has 0 aliphatic heterocycles. The van der Waals surface area contributed by atoms with Crippen LogP contribution in [0.2, 0.25) is 0 Å². The number of nitrogens with zero attached hydrogens (tertiary/aromatic N) is 1. The van der Waals surface area contributed by atoms with Crippen molar-refractivity contribution in [2.75, 3.05) is 14.2 Å². The van der Waals surface area contributed by atoms with Gasteiger partial charge in [-0.2, -0.15) is 0 Å². The molecule has 14 heavy (non-hydrogen) atoms. The van der Waals surface area contributed by atoms with Crippen molar-refractivity contribution < 1.29 is 14.4 Å². The third kappa shape index (κ3) is 1.61. The molecule has 0 aliphatic rings. The zero-order valence-corrected chi connectivity index (χ0v) is 7.94. The van der Waals surface area contributed by atoms with Crippen LogP contribution in [0.4, 0.5) is 5.69 Å². The van der Waals surface area contributed by atoms with Crippen molar-refractivity contribution in [1.29, 1.82) is 0 Å². The van der Waals surface area contributed by atoms with Crippen molar-refractivity contribution >= 4 is 5.69 Å². The molecule has 0 saturated heterocycles. The summed E-state index contributed by atoms with van der Waals surface area (Å²) in [4.78, 5) is 10.0. The molecule has 0 spiro atoms. The first-order valence-electron chi connectivity index (χ1n) is 3.83. The van der Waals surface area contributed by atoms with E-state index in [1.807, 2.05) is 0 Å². The minimum atomic E-state index is -0.510. The smallest absolute Gasteiger partial charge is 0.276 e. The molecule has 0 aromatic heterocycles. The largest absolute Gasteiger partial charge is 0.493 e. The van der Waals surface area contributed by atoms with Crippen LogP contribution >= 0.6 is 0 Å². The average molecular weight is 196 g/mol. The normalized spacial score (nSPS) is 9.64. The van der Waals surface area contributed by atoms with Gasteiger partial charge in [-0.1, -0.05) is 0 Å². The van der Waals surface area contributed by atoms with Gasteiger partial charge in [0.15, 0.2) is 11.5 Å². The van der Waals surface area contributed by atoms with Crippen molar-refractivity contribution in [2.24, 2.45) is 0 Å². The van der Waals surface area contributed by atoms with Crippen LogP contribution in [-0.2, 0) is 0 Å². The summed E-state index contributed by atoms with van der Waals surface area (Å²) >= 11 is 0. The Morgan fingerprint density at radius 1 is 1.36 bits per heavy atom. The number of benzene rings is 1. The molecule has 0 amide bonds. The SMILES string of the molecule is [CH2]c1c([N+](=O)[O-])ccc(OC)c1OC. The van der Waals surface area contributed by atoms with E-state index in [0.717, 1.165) is 0 Å². The molecule has 5 nitrogen and oxygen atoms in total. The van der Waals surface area contributed by atoms with E-state index in [1.165, 1.54) is 26.4 Å². The molecule has 5 heteroatoms. The molecular weight excluding hydrogens is 186 g/mol. The van der Waals surface area contributed by atoms with Crippen LogP contribution in [0.25, 0.3) is 0 Å². The number of rotatable bonds is 3. The Kier molecular flexibility index (Phi) is 2.91. The fourth-order valence-electron chi connectivity index (χ4n) is 1.15. The van der Waals surface area contributed by atoms with Crippen LogP contribution in [0.3, 0.4) is 0 Å². The predicted octanol–water partition coefficient (Wildman–Crippen LogP) is 1.79. The highest BCUT2D eigenvalue weighted by molar-refractivity contribution is 5.58. The topological polar surface area (TPSA) is 61.6 Å². The highest BCUT2D eigenvalue weighted by atomic mass is 16.6. The zero-order valence-electron chi connectivity index (χ0n) is 7.94. The maximum Gasteiger partial charge on any atom is 0.276 e. The summed E-state index contributed by atoms with van der Waals surface area (Å²) in [6.45, 7) is 3.57. The van der Waals surface area contributed by atoms with Gasteiger partial charge < -0.3 is 9.47 Å². The van der Waals surface area contributed by atoms with E-state index in [-0.39, 0.29) is 11.3 Å². The molecule has 0 saturated carbocycles. The van der Waals surface area contributed by atoms with Gasteiger partial charge in [-0.25, -0.2) is 0 Å². The zero-order chi connectivity index (χ0) is 10.7. The van der Waals surface area contributed by atoms with E-state index in [4.69, 9.17) is 9.47 Å². The fraction of sp³-hybridized carbons (Fsp3) is 0.222. The molecule has 1 aromatic rings. The first-order valence-corrected chi connectivity index (χ1v) is 3.83. The summed E-state index contributed by atoms with van der Waals surface area (Å²) < 4.78 is 9.93. The quantitative estimate of drug-likeness (QED) is 0.546. The van der Waals surface area contributed by atoms with Crippen LogP contribution < -0.4 is 9.47 Å². The third-order valence-electron chi connectivity index (χ3n) is 1.82. The van der Waals surface area contributed by atoms with Gasteiger partial charge in [0.05, 0.1) is 24.7 Å². The lowest BCUT2D eigenvalue weighted by atomic mass is 10.1. The molecule has 1 radical (unpaired) electrons. The van der Waals surface area contributed by atoms with Crippen molar-refractivity contribution in [3.8, 4) is 11.5 Å². The lowest BCUT2D eigenvalue weighted by Gasteiger charge is -2.09. The predicted molar refractivity (Wildman–Crippen MR) is 50.7 cm³/mol. The molecule has 1 rings (SSSR count). The van der Waals surface area contributed by atoms with Gasteiger partial charge >= 0.3 is 0 Å². The monoisotopic (exact) mass is 196 g/mol. The summed E-state index contributed by atoms with van der Waals surface area (Å²) in [6.07, 6.45) is 0. The van der Waals surface area contributed by atoms with Crippen molar-refractivity contribution in [1.82, 2.24) is 0 Å². The second-order valence-electron chi connectivity index (χ2n) is 2.56. The van der Waals surface area contributed by atoms with Gasteiger partial charge in [-0.3, -0.25) is 10.1 Å². The Bertz CT molecular complexity index is 362. The van der Waals surface area contributed by atoms with Crippen LogP contribution in [0.15, 0.2) is 12.1 Å².